The smallest absolute Gasteiger partial charge is 0.326 e. The minimum Gasteiger partial charge on any atom is -0.480 e. The van der Waals surface area contributed by atoms with Crippen LogP contribution in [-0.2, 0) is 17.6 Å². The van der Waals surface area contributed by atoms with Crippen LogP contribution in [0, 0.1) is 0 Å². The standard InChI is InChI=1S/C27H24Cl2N4O3S/c28-20-6-3-7-21(29)24(20)25(34)33-22(27(35)36)15-17-9-11-18(12-10-17)26-32-19(16-37-26)5-4-14-31-23-8-1-2-13-30-23/h1-3,6-13,16,22H,4-5,14-15H2,(H,30,31)(H,33,34)(H,35,36)/t22-/m0/s1. The molecule has 0 unspecified atom stereocenters. The van der Waals surface area contributed by atoms with E-state index in [0.717, 1.165) is 47.0 Å². The van der Waals surface area contributed by atoms with Crippen LogP contribution in [0.1, 0.15) is 28.0 Å². The number of carbonyl (C=O) groups is 2. The van der Waals surface area contributed by atoms with E-state index in [1.54, 1.807) is 23.6 Å². The average molecular weight is 555 g/mol. The van der Waals surface area contributed by atoms with E-state index in [2.05, 4.69) is 21.0 Å². The molecule has 0 bridgehead atoms. The summed E-state index contributed by atoms with van der Waals surface area (Å²) in [5.41, 5.74) is 2.79. The van der Waals surface area contributed by atoms with Crippen molar-refractivity contribution in [1.29, 1.82) is 0 Å². The fourth-order valence-corrected chi connectivity index (χ4v) is 5.10. The van der Waals surface area contributed by atoms with Crippen molar-refractivity contribution in [3.05, 3.63) is 99.1 Å². The van der Waals surface area contributed by atoms with E-state index >= 15 is 0 Å². The number of carboxylic acids is 1. The van der Waals surface area contributed by atoms with Gasteiger partial charge in [-0.05, 0) is 42.7 Å². The number of benzene rings is 2. The molecular formula is C27H24Cl2N4O3S. The summed E-state index contributed by atoms with van der Waals surface area (Å²) in [7, 11) is 0. The number of amides is 1. The van der Waals surface area contributed by atoms with Gasteiger partial charge in [-0.15, -0.1) is 11.3 Å². The van der Waals surface area contributed by atoms with Crippen LogP contribution in [0.5, 0.6) is 0 Å². The third-order valence-electron chi connectivity index (χ3n) is 5.57. The first-order valence-electron chi connectivity index (χ1n) is 11.6. The first kappa shape index (κ1) is 26.6. The Kier molecular flexibility index (Phi) is 9.11. The number of pyridine rings is 1. The predicted octanol–water partition coefficient (Wildman–Crippen LogP) is 5.98. The molecule has 0 aliphatic rings. The molecule has 0 aliphatic heterocycles. The fraction of sp³-hybridized carbons (Fsp3) is 0.185. The molecule has 1 atom stereocenters. The second-order valence-corrected chi connectivity index (χ2v) is 9.92. The highest BCUT2D eigenvalue weighted by Crippen LogP contribution is 2.26. The number of aromatic nitrogens is 2. The number of carbonyl (C=O) groups excluding carboxylic acids is 1. The molecule has 10 heteroatoms. The Morgan fingerprint density at radius 2 is 1.76 bits per heavy atom. The predicted molar refractivity (Wildman–Crippen MR) is 148 cm³/mol. The number of thiazole rings is 1. The number of nitrogens with one attached hydrogen (secondary N) is 2. The van der Waals surface area contributed by atoms with E-state index in [9.17, 15) is 14.7 Å². The van der Waals surface area contributed by atoms with Gasteiger partial charge in [-0.25, -0.2) is 14.8 Å². The molecule has 4 rings (SSSR count). The largest absolute Gasteiger partial charge is 0.480 e. The monoisotopic (exact) mass is 554 g/mol. The number of hydrogen-bond donors (Lipinski definition) is 3. The highest BCUT2D eigenvalue weighted by atomic mass is 35.5. The summed E-state index contributed by atoms with van der Waals surface area (Å²) < 4.78 is 0. The van der Waals surface area contributed by atoms with Crippen molar-refractivity contribution in [1.82, 2.24) is 15.3 Å². The van der Waals surface area contributed by atoms with Gasteiger partial charge >= 0.3 is 5.97 Å². The van der Waals surface area contributed by atoms with E-state index in [1.807, 2.05) is 42.5 Å². The van der Waals surface area contributed by atoms with Gasteiger partial charge < -0.3 is 15.7 Å². The Morgan fingerprint density at radius 1 is 1.00 bits per heavy atom. The Morgan fingerprint density at radius 3 is 2.43 bits per heavy atom. The number of rotatable bonds is 11. The average Bonchev–Trinajstić information content (AvgIpc) is 3.36. The lowest BCUT2D eigenvalue weighted by Gasteiger charge is -2.16. The number of aryl methyl sites for hydroxylation is 1. The minimum absolute atomic E-state index is 0.0551. The molecule has 0 spiro atoms. The number of nitrogens with zero attached hydrogens (tertiary/aromatic N) is 2. The number of halogens is 2. The van der Waals surface area contributed by atoms with Crippen LogP contribution in [0.25, 0.3) is 10.6 Å². The zero-order valence-electron chi connectivity index (χ0n) is 19.7. The molecule has 0 radical (unpaired) electrons. The maximum absolute atomic E-state index is 12.6. The Hall–Kier alpha value is -3.46. The maximum Gasteiger partial charge on any atom is 0.326 e. The van der Waals surface area contributed by atoms with Crippen molar-refractivity contribution in [2.45, 2.75) is 25.3 Å². The molecule has 2 heterocycles. The number of aliphatic carboxylic acids is 1. The zero-order valence-corrected chi connectivity index (χ0v) is 22.0. The van der Waals surface area contributed by atoms with Crippen molar-refractivity contribution >= 4 is 52.2 Å². The van der Waals surface area contributed by atoms with Crippen LogP contribution in [0.3, 0.4) is 0 Å². The molecule has 0 saturated heterocycles. The molecule has 7 nitrogen and oxygen atoms in total. The van der Waals surface area contributed by atoms with E-state index in [-0.39, 0.29) is 22.0 Å². The molecular weight excluding hydrogens is 531 g/mol. The molecule has 4 aromatic rings. The molecule has 190 valence electrons. The SMILES string of the molecule is O=C(N[C@@H](Cc1ccc(-c2nc(CCCNc3ccccn3)cs2)cc1)C(=O)O)c1c(Cl)cccc1Cl. The second-order valence-electron chi connectivity index (χ2n) is 8.25. The topological polar surface area (TPSA) is 104 Å². The van der Waals surface area contributed by atoms with Gasteiger partial charge in [-0.3, -0.25) is 4.79 Å². The van der Waals surface area contributed by atoms with Crippen LogP contribution in [0.15, 0.2) is 72.2 Å². The number of anilines is 1. The Labute approximate surface area is 228 Å². The summed E-state index contributed by atoms with van der Waals surface area (Å²) in [5, 5.41) is 18.7. The van der Waals surface area contributed by atoms with Gasteiger partial charge in [0.25, 0.3) is 5.91 Å². The van der Waals surface area contributed by atoms with Gasteiger partial charge in [-0.2, -0.15) is 0 Å². The lowest BCUT2D eigenvalue weighted by atomic mass is 10.0. The quantitative estimate of drug-likeness (QED) is 0.197. The van der Waals surface area contributed by atoms with Gasteiger partial charge in [0.15, 0.2) is 0 Å². The molecule has 0 saturated carbocycles. The van der Waals surface area contributed by atoms with Gasteiger partial charge in [0.05, 0.1) is 21.3 Å². The van der Waals surface area contributed by atoms with Crippen molar-refractivity contribution in [3.8, 4) is 10.6 Å². The van der Waals surface area contributed by atoms with Crippen LogP contribution in [0.2, 0.25) is 10.0 Å². The van der Waals surface area contributed by atoms with Crippen LogP contribution < -0.4 is 10.6 Å². The molecule has 37 heavy (non-hydrogen) atoms. The van der Waals surface area contributed by atoms with Crippen LogP contribution in [-0.4, -0.2) is 39.5 Å². The third-order valence-corrected chi connectivity index (χ3v) is 7.14. The van der Waals surface area contributed by atoms with Gasteiger partial charge in [0.2, 0.25) is 0 Å². The Balaban J connectivity index is 1.33. The first-order valence-corrected chi connectivity index (χ1v) is 13.2. The fourth-order valence-electron chi connectivity index (χ4n) is 3.67. The van der Waals surface area contributed by atoms with E-state index in [0.29, 0.717) is 0 Å². The van der Waals surface area contributed by atoms with Crippen LogP contribution in [0.4, 0.5) is 5.82 Å². The molecule has 3 N–H and O–H groups in total. The third kappa shape index (κ3) is 7.29. The lowest BCUT2D eigenvalue weighted by molar-refractivity contribution is -0.139. The number of carboxylic acid groups (broad SMARTS) is 1. The minimum atomic E-state index is -1.15. The van der Waals surface area contributed by atoms with Gasteiger partial charge in [0, 0.05) is 30.1 Å². The van der Waals surface area contributed by atoms with Crippen molar-refractivity contribution < 1.29 is 14.7 Å². The normalized spacial score (nSPS) is 11.6. The van der Waals surface area contributed by atoms with Crippen LogP contribution >= 0.6 is 34.5 Å². The molecule has 2 aromatic carbocycles. The van der Waals surface area contributed by atoms with E-state index < -0.39 is 17.9 Å². The molecule has 0 aliphatic carbocycles. The Bertz CT molecular complexity index is 1340. The van der Waals surface area contributed by atoms with Crippen molar-refractivity contribution in [3.63, 3.8) is 0 Å². The summed E-state index contributed by atoms with van der Waals surface area (Å²) in [6.07, 6.45) is 3.65. The summed E-state index contributed by atoms with van der Waals surface area (Å²) in [5.74, 6) is -0.924. The lowest BCUT2D eigenvalue weighted by Crippen LogP contribution is -2.42. The van der Waals surface area contributed by atoms with Crippen molar-refractivity contribution in [2.24, 2.45) is 0 Å². The van der Waals surface area contributed by atoms with Crippen molar-refractivity contribution in [2.75, 3.05) is 11.9 Å². The highest BCUT2D eigenvalue weighted by molar-refractivity contribution is 7.13. The highest BCUT2D eigenvalue weighted by Gasteiger charge is 2.24. The van der Waals surface area contributed by atoms with E-state index in [1.165, 1.54) is 12.1 Å². The first-order chi connectivity index (χ1) is 17.9. The summed E-state index contributed by atoms with van der Waals surface area (Å²) >= 11 is 13.7. The maximum atomic E-state index is 12.6. The van der Waals surface area contributed by atoms with E-state index in [4.69, 9.17) is 28.2 Å². The molecule has 2 aromatic heterocycles. The summed E-state index contributed by atoms with van der Waals surface area (Å²) in [6.45, 7) is 0.808. The second kappa shape index (κ2) is 12.7. The molecule has 1 amide bonds. The van der Waals surface area contributed by atoms with Gasteiger partial charge in [-0.1, -0.05) is 59.6 Å². The number of hydrogen-bond acceptors (Lipinski definition) is 6. The zero-order chi connectivity index (χ0) is 26.2. The van der Waals surface area contributed by atoms with Gasteiger partial charge in [0.1, 0.15) is 16.9 Å². The summed E-state index contributed by atoms with van der Waals surface area (Å²) in [4.78, 5) is 33.4. The molecule has 0 fully saturated rings. The summed E-state index contributed by atoms with van der Waals surface area (Å²) in [6, 6.07) is 16.8.